The lowest BCUT2D eigenvalue weighted by molar-refractivity contribution is 0.0706. The molecule has 0 saturated carbocycles. The summed E-state index contributed by atoms with van der Waals surface area (Å²) in [7, 11) is 0. The fourth-order valence-corrected chi connectivity index (χ4v) is 3.04. The summed E-state index contributed by atoms with van der Waals surface area (Å²) in [6, 6.07) is 24.1. The van der Waals surface area contributed by atoms with Gasteiger partial charge in [-0.25, -0.2) is 5.48 Å². The normalized spacial score (nSPS) is 11.5. The summed E-state index contributed by atoms with van der Waals surface area (Å²) in [6.45, 7) is 1.98. The standard InChI is InChI=1S/C23H22N2O3/c1-2-21(18-10-14-20(15-11-18)23(27)25-28)24-22(26)19-12-8-17(9-13-19)16-6-4-3-5-7-16/h3-15,21,28H,2H2,1H3,(H,24,26)(H,25,27)/t21-/m0/s1. The van der Waals surface area contributed by atoms with Crippen molar-refractivity contribution in [3.05, 3.63) is 95.6 Å². The summed E-state index contributed by atoms with van der Waals surface area (Å²) in [5.41, 5.74) is 5.60. The van der Waals surface area contributed by atoms with E-state index >= 15 is 0 Å². The van der Waals surface area contributed by atoms with Gasteiger partial charge in [-0.1, -0.05) is 61.5 Å². The molecular weight excluding hydrogens is 352 g/mol. The highest BCUT2D eigenvalue weighted by Gasteiger charge is 2.15. The molecule has 28 heavy (non-hydrogen) atoms. The molecule has 0 aromatic heterocycles. The Labute approximate surface area is 164 Å². The van der Waals surface area contributed by atoms with Gasteiger partial charge in [0.2, 0.25) is 0 Å². The molecule has 0 aliphatic carbocycles. The van der Waals surface area contributed by atoms with Crippen molar-refractivity contribution in [3.63, 3.8) is 0 Å². The third-order valence-electron chi connectivity index (χ3n) is 4.64. The van der Waals surface area contributed by atoms with Gasteiger partial charge in [-0.05, 0) is 47.4 Å². The fraction of sp³-hybridized carbons (Fsp3) is 0.130. The molecule has 3 N–H and O–H groups in total. The van der Waals surface area contributed by atoms with Crippen LogP contribution in [0.5, 0.6) is 0 Å². The summed E-state index contributed by atoms with van der Waals surface area (Å²) >= 11 is 0. The van der Waals surface area contributed by atoms with Gasteiger partial charge >= 0.3 is 0 Å². The Bertz CT molecular complexity index is 936. The molecule has 0 heterocycles. The maximum absolute atomic E-state index is 12.6. The number of carbonyl (C=O) groups is 2. The lowest BCUT2D eigenvalue weighted by Crippen LogP contribution is -2.28. The van der Waals surface area contributed by atoms with Crippen molar-refractivity contribution in [1.82, 2.24) is 10.8 Å². The predicted molar refractivity (Wildman–Crippen MR) is 108 cm³/mol. The molecule has 0 spiro atoms. The average molecular weight is 374 g/mol. The molecule has 1 atom stereocenters. The third kappa shape index (κ3) is 4.45. The van der Waals surface area contributed by atoms with Gasteiger partial charge in [0.25, 0.3) is 11.8 Å². The Balaban J connectivity index is 1.71. The number of rotatable bonds is 6. The first-order valence-electron chi connectivity index (χ1n) is 9.13. The lowest BCUT2D eigenvalue weighted by atomic mass is 10.0. The Hall–Kier alpha value is -3.44. The van der Waals surface area contributed by atoms with E-state index in [0.29, 0.717) is 17.5 Å². The van der Waals surface area contributed by atoms with Crippen LogP contribution in [0.2, 0.25) is 0 Å². The Kier molecular flexibility index (Phi) is 6.19. The van der Waals surface area contributed by atoms with E-state index in [0.717, 1.165) is 16.7 Å². The molecule has 0 aliphatic rings. The molecule has 142 valence electrons. The van der Waals surface area contributed by atoms with Crippen molar-refractivity contribution in [1.29, 1.82) is 0 Å². The molecule has 0 unspecified atom stereocenters. The second-order valence-electron chi connectivity index (χ2n) is 6.44. The highest BCUT2D eigenvalue weighted by molar-refractivity contribution is 5.95. The van der Waals surface area contributed by atoms with Gasteiger partial charge < -0.3 is 5.32 Å². The SMILES string of the molecule is CC[C@H](NC(=O)c1ccc(-c2ccccc2)cc1)c1ccc(C(=O)NO)cc1. The van der Waals surface area contributed by atoms with Crippen LogP contribution in [0.1, 0.15) is 45.7 Å². The zero-order chi connectivity index (χ0) is 19.9. The van der Waals surface area contributed by atoms with Crippen molar-refractivity contribution in [2.45, 2.75) is 19.4 Å². The van der Waals surface area contributed by atoms with Gasteiger partial charge in [-0.2, -0.15) is 0 Å². The van der Waals surface area contributed by atoms with Gasteiger partial charge in [-0.15, -0.1) is 0 Å². The number of hydrogen-bond donors (Lipinski definition) is 3. The second kappa shape index (κ2) is 8.97. The van der Waals surface area contributed by atoms with Gasteiger partial charge in [0.15, 0.2) is 0 Å². The number of hydroxylamine groups is 1. The van der Waals surface area contributed by atoms with Crippen molar-refractivity contribution in [2.24, 2.45) is 0 Å². The van der Waals surface area contributed by atoms with E-state index in [1.165, 1.54) is 0 Å². The largest absolute Gasteiger partial charge is 0.345 e. The van der Waals surface area contributed by atoms with Crippen LogP contribution < -0.4 is 10.8 Å². The van der Waals surface area contributed by atoms with E-state index in [2.05, 4.69) is 5.32 Å². The molecule has 5 nitrogen and oxygen atoms in total. The minimum atomic E-state index is -0.567. The molecule has 0 radical (unpaired) electrons. The van der Waals surface area contributed by atoms with Crippen LogP contribution in [0.4, 0.5) is 0 Å². The van der Waals surface area contributed by atoms with E-state index < -0.39 is 5.91 Å². The zero-order valence-corrected chi connectivity index (χ0v) is 15.6. The summed E-state index contributed by atoms with van der Waals surface area (Å²) in [6.07, 6.45) is 0.708. The van der Waals surface area contributed by atoms with E-state index in [1.54, 1.807) is 29.7 Å². The number of benzene rings is 3. The van der Waals surface area contributed by atoms with E-state index in [4.69, 9.17) is 5.21 Å². The first-order valence-corrected chi connectivity index (χ1v) is 9.13. The molecule has 0 fully saturated rings. The topological polar surface area (TPSA) is 78.4 Å². The van der Waals surface area contributed by atoms with E-state index in [1.807, 2.05) is 61.5 Å². The number of carbonyl (C=O) groups excluding carboxylic acids is 2. The van der Waals surface area contributed by atoms with Crippen LogP contribution >= 0.6 is 0 Å². The summed E-state index contributed by atoms with van der Waals surface area (Å²) < 4.78 is 0. The van der Waals surface area contributed by atoms with Crippen LogP contribution in [-0.4, -0.2) is 17.0 Å². The minimum Gasteiger partial charge on any atom is -0.345 e. The van der Waals surface area contributed by atoms with Crippen molar-refractivity contribution < 1.29 is 14.8 Å². The third-order valence-corrected chi connectivity index (χ3v) is 4.64. The van der Waals surface area contributed by atoms with Crippen LogP contribution in [-0.2, 0) is 0 Å². The molecule has 2 amide bonds. The first-order chi connectivity index (χ1) is 13.6. The fourth-order valence-electron chi connectivity index (χ4n) is 3.04. The molecular formula is C23H22N2O3. The maximum atomic E-state index is 12.6. The van der Waals surface area contributed by atoms with Crippen molar-refractivity contribution >= 4 is 11.8 Å². The van der Waals surface area contributed by atoms with Gasteiger partial charge in [0.1, 0.15) is 0 Å². The van der Waals surface area contributed by atoms with Gasteiger partial charge in [-0.3, -0.25) is 14.8 Å². The van der Waals surface area contributed by atoms with Gasteiger partial charge in [0, 0.05) is 11.1 Å². The number of amides is 2. The van der Waals surface area contributed by atoms with E-state index in [9.17, 15) is 9.59 Å². The highest BCUT2D eigenvalue weighted by Crippen LogP contribution is 2.21. The lowest BCUT2D eigenvalue weighted by Gasteiger charge is -2.18. The molecule has 0 saturated heterocycles. The highest BCUT2D eigenvalue weighted by atomic mass is 16.5. The molecule has 0 bridgehead atoms. The minimum absolute atomic E-state index is 0.149. The maximum Gasteiger partial charge on any atom is 0.274 e. The van der Waals surface area contributed by atoms with Crippen molar-refractivity contribution in [2.75, 3.05) is 0 Å². The molecule has 0 aliphatic heterocycles. The van der Waals surface area contributed by atoms with Crippen LogP contribution in [0.25, 0.3) is 11.1 Å². The quantitative estimate of drug-likeness (QED) is 0.443. The monoisotopic (exact) mass is 374 g/mol. The molecule has 5 heteroatoms. The van der Waals surface area contributed by atoms with Gasteiger partial charge in [0.05, 0.1) is 6.04 Å². The Morgan fingerprint density at radius 3 is 1.89 bits per heavy atom. The Morgan fingerprint density at radius 2 is 1.32 bits per heavy atom. The average Bonchev–Trinajstić information content (AvgIpc) is 2.77. The number of nitrogens with one attached hydrogen (secondary N) is 2. The smallest absolute Gasteiger partial charge is 0.274 e. The van der Waals surface area contributed by atoms with Crippen LogP contribution in [0.15, 0.2) is 78.9 Å². The van der Waals surface area contributed by atoms with E-state index in [-0.39, 0.29) is 11.9 Å². The number of hydrogen-bond acceptors (Lipinski definition) is 3. The molecule has 3 aromatic rings. The molecule has 3 rings (SSSR count). The van der Waals surface area contributed by atoms with Crippen molar-refractivity contribution in [3.8, 4) is 11.1 Å². The molecule has 3 aromatic carbocycles. The first kappa shape index (κ1) is 19.3. The predicted octanol–water partition coefficient (Wildman–Crippen LogP) is 4.35. The van der Waals surface area contributed by atoms with Crippen LogP contribution in [0, 0.1) is 0 Å². The second-order valence-corrected chi connectivity index (χ2v) is 6.44. The summed E-state index contributed by atoms with van der Waals surface area (Å²) in [4.78, 5) is 24.1. The summed E-state index contributed by atoms with van der Waals surface area (Å²) in [5.74, 6) is -0.717. The van der Waals surface area contributed by atoms with Crippen LogP contribution in [0.3, 0.4) is 0 Å². The summed E-state index contributed by atoms with van der Waals surface area (Å²) in [5, 5.41) is 11.7. The zero-order valence-electron chi connectivity index (χ0n) is 15.6. The Morgan fingerprint density at radius 1 is 0.786 bits per heavy atom.